The number of carboxylic acids is 3. The number of hydrogen-bond donors (Lipinski definition) is 3. The molecule has 0 aliphatic heterocycles. The highest BCUT2D eigenvalue weighted by Gasteiger charge is 2.32. The highest BCUT2D eigenvalue weighted by Crippen LogP contribution is 2.37. The second kappa shape index (κ2) is 31.5. The lowest BCUT2D eigenvalue weighted by Gasteiger charge is -2.21. The van der Waals surface area contributed by atoms with Crippen LogP contribution in [0.4, 0.5) is 15.4 Å². The van der Waals surface area contributed by atoms with Crippen LogP contribution in [0.3, 0.4) is 0 Å². The van der Waals surface area contributed by atoms with Gasteiger partial charge in [-0.2, -0.15) is 5.10 Å². The monoisotopic (exact) mass is 1340 g/mol. The van der Waals surface area contributed by atoms with Gasteiger partial charge in [-0.1, -0.05) is 114 Å². The first-order valence-electron chi connectivity index (χ1n) is 28.5. The van der Waals surface area contributed by atoms with Gasteiger partial charge in [-0.3, -0.25) is 52.9 Å². The maximum Gasteiger partial charge on any atom is 0.304 e. The van der Waals surface area contributed by atoms with E-state index in [4.69, 9.17) is 32.6 Å². The Labute approximate surface area is 551 Å². The molecule has 10 aromatic rings. The van der Waals surface area contributed by atoms with Gasteiger partial charge in [-0.05, 0) is 54.3 Å². The second-order valence-electron chi connectivity index (χ2n) is 21.3. The van der Waals surface area contributed by atoms with Gasteiger partial charge in [0.05, 0.1) is 59.8 Å². The molecular weight excluding hydrogens is 1280 g/mol. The number of oxazole rings is 1. The number of benzene rings is 4. The van der Waals surface area contributed by atoms with Gasteiger partial charge in [0.1, 0.15) is 5.76 Å². The molecule has 0 spiro atoms. The highest BCUT2D eigenvalue weighted by molar-refractivity contribution is 7.14. The second-order valence-corrected chi connectivity index (χ2v) is 24.6. The van der Waals surface area contributed by atoms with Gasteiger partial charge in [0, 0.05) is 122 Å². The van der Waals surface area contributed by atoms with Crippen molar-refractivity contribution in [3.63, 3.8) is 0 Å². The van der Waals surface area contributed by atoms with E-state index in [2.05, 4.69) is 20.1 Å². The van der Waals surface area contributed by atoms with Gasteiger partial charge in [0.15, 0.2) is 21.3 Å². The van der Waals surface area contributed by atoms with Crippen molar-refractivity contribution in [2.45, 2.75) is 52.4 Å². The minimum atomic E-state index is -1.05. The summed E-state index contributed by atoms with van der Waals surface area (Å²) in [5, 5.41) is 40.1. The average Bonchev–Trinajstić information content (AvgIpc) is 1.84. The molecule has 21 nitrogen and oxygen atoms in total. The van der Waals surface area contributed by atoms with Gasteiger partial charge < -0.3 is 24.3 Å². The fourth-order valence-electron chi connectivity index (χ4n) is 9.90. The Bertz CT molecular complexity index is 4310. The third-order valence-corrected chi connectivity index (χ3v) is 18.1. The molecule has 6 aromatic heterocycles. The lowest BCUT2D eigenvalue weighted by molar-refractivity contribution is -0.141. The number of aromatic nitrogens is 7. The van der Waals surface area contributed by atoms with E-state index in [1.165, 1.54) is 59.3 Å². The number of thiazole rings is 3. The minimum Gasteiger partial charge on any atom is -0.481 e. The van der Waals surface area contributed by atoms with Crippen LogP contribution >= 0.6 is 57.2 Å². The number of rotatable bonds is 22. The smallest absolute Gasteiger partial charge is 0.304 e. The predicted molar refractivity (Wildman–Crippen MR) is 358 cm³/mol. The Kier molecular flexibility index (Phi) is 23.5. The summed E-state index contributed by atoms with van der Waals surface area (Å²) in [6, 6.07) is 36.9. The Morgan fingerprint density at radius 3 is 1.38 bits per heavy atom. The Morgan fingerprint density at radius 1 is 0.533 bits per heavy atom. The third kappa shape index (κ3) is 17.7. The molecule has 0 bridgehead atoms. The quantitative estimate of drug-likeness (QED) is 0.0569. The van der Waals surface area contributed by atoms with E-state index >= 15 is 0 Å². The van der Waals surface area contributed by atoms with Crippen molar-refractivity contribution < 1.29 is 48.5 Å². The normalized spacial score (nSPS) is 11.9. The van der Waals surface area contributed by atoms with Gasteiger partial charge in [0.25, 0.3) is 0 Å². The largest absolute Gasteiger partial charge is 0.481 e. The average molecular weight is 1340 g/mol. The molecule has 4 aromatic carbocycles. The maximum atomic E-state index is 13.3. The molecule has 10 rings (SSSR count). The molecule has 0 aliphatic rings. The summed E-state index contributed by atoms with van der Waals surface area (Å²) in [5.41, 5.74) is 8.47. The number of nitrogens with zero attached hydrogens (tertiary/aromatic N) is 10. The highest BCUT2D eigenvalue weighted by atomic mass is 35.5. The van der Waals surface area contributed by atoms with E-state index < -0.39 is 35.7 Å². The van der Waals surface area contributed by atoms with Crippen LogP contribution in [0.25, 0.3) is 44.9 Å². The summed E-state index contributed by atoms with van der Waals surface area (Å²) in [7, 11) is 8.30. The summed E-state index contributed by atoms with van der Waals surface area (Å²) in [6.07, 6.45) is 3.38. The zero-order valence-corrected chi connectivity index (χ0v) is 54.9. The van der Waals surface area contributed by atoms with E-state index in [1.807, 2.05) is 107 Å². The van der Waals surface area contributed by atoms with E-state index in [1.54, 1.807) is 90.4 Å². The molecule has 0 saturated carbocycles. The van der Waals surface area contributed by atoms with Gasteiger partial charge in [0.2, 0.25) is 23.3 Å². The number of halogens is 2. The van der Waals surface area contributed by atoms with Crippen molar-refractivity contribution in [2.24, 2.45) is 31.8 Å². The topological polar surface area (TPSA) is 277 Å². The van der Waals surface area contributed by atoms with E-state index in [0.717, 1.165) is 39.1 Å². The number of carboxylic acid groups (broad SMARTS) is 3. The molecule has 0 radical (unpaired) electrons. The molecule has 92 heavy (non-hydrogen) atoms. The molecule has 0 aliphatic carbocycles. The van der Waals surface area contributed by atoms with Gasteiger partial charge >= 0.3 is 17.9 Å². The Hall–Kier alpha value is -9.46. The molecule has 3 amide bonds. The van der Waals surface area contributed by atoms with E-state index in [9.17, 15) is 48.9 Å². The summed E-state index contributed by atoms with van der Waals surface area (Å²) < 4.78 is 8.57. The number of aliphatic carboxylic acids is 3. The van der Waals surface area contributed by atoms with Crippen molar-refractivity contribution in [1.29, 1.82) is 0 Å². The standard InChI is InChI=1S/C27H25N3O4S.C20H20ClN3O4S.C19H19ClN4O3S/c1-29-16-19(12-13-24(29)31)21-10-6-7-11-22(21)23-17-35-27(28-23)30(2)26(34)20(15-25(32)33)14-18-8-4-3-5-9-18;1-11-16(22-12(2)28-11)8-13(9-18(25)26)19(27)24(3)20-23-17(10-29-20)14-6-4-5-7-15(14)21;1-23(19-22-16(11-28-19)14-5-3-4-6-15(14)20)18(27)12(10-17(25)26)9-13-7-8-21-24(13)2/h3-13,16-17,20H,14-15H2,1-2H3,(H,32,33);4-7,10,13H,8-9H2,1-3H3,(H,25,26);3-8,11-12H,9-10H2,1-2H3,(H,25,26)/t20-;;/m1../s1. The number of pyridine rings is 1. The van der Waals surface area contributed by atoms with E-state index in [-0.39, 0.29) is 55.4 Å². The number of aryl methyl sites for hydroxylation is 4. The third-order valence-electron chi connectivity index (χ3n) is 14.7. The van der Waals surface area contributed by atoms with Gasteiger partial charge in [-0.15, -0.1) is 34.0 Å². The molecule has 476 valence electrons. The number of carbonyl (C=O) groups excluding carboxylic acids is 3. The molecule has 0 fully saturated rings. The van der Waals surface area contributed by atoms with Crippen LogP contribution in [-0.2, 0) is 62.1 Å². The van der Waals surface area contributed by atoms with E-state index in [0.29, 0.717) is 66.3 Å². The van der Waals surface area contributed by atoms with Crippen LogP contribution < -0.4 is 20.3 Å². The number of amides is 3. The molecular formula is C66H64Cl2N10O11S3. The minimum absolute atomic E-state index is 0.0891. The van der Waals surface area contributed by atoms with Crippen molar-refractivity contribution in [2.75, 3.05) is 35.8 Å². The molecule has 26 heteroatoms. The molecule has 6 heterocycles. The maximum absolute atomic E-state index is 13.3. The number of carbonyl (C=O) groups is 6. The summed E-state index contributed by atoms with van der Waals surface area (Å²) in [4.78, 5) is 107. The lowest BCUT2D eigenvalue weighted by atomic mass is 9.95. The van der Waals surface area contributed by atoms with Crippen molar-refractivity contribution in [3.8, 4) is 44.9 Å². The molecule has 2 unspecified atom stereocenters. The zero-order valence-electron chi connectivity index (χ0n) is 51.0. The first-order chi connectivity index (χ1) is 43.9. The molecule has 3 atom stereocenters. The first-order valence-corrected chi connectivity index (χ1v) is 31.9. The van der Waals surface area contributed by atoms with Crippen molar-refractivity contribution >= 4 is 108 Å². The first kappa shape index (κ1) is 68.4. The van der Waals surface area contributed by atoms with Crippen molar-refractivity contribution in [1.82, 2.24) is 34.3 Å². The SMILES string of the molecule is CN(C(=O)C(CC(=O)O)Cc1ccnn1C)c1nc(-c2ccccc2Cl)cs1.CN(C(=O)[C@@H](CC(=O)O)Cc1ccccc1)c1nc(-c2ccccc2-c2ccc(=O)n(C)c2)cs1.Cc1nc(CC(CC(=O)O)C(=O)N(C)c2nc(-c3ccccc3Cl)cs2)c(C)o1. The fourth-order valence-corrected chi connectivity index (χ4v) is 12.8. The zero-order chi connectivity index (χ0) is 66.3. The lowest BCUT2D eigenvalue weighted by Crippen LogP contribution is -2.35. The summed E-state index contributed by atoms with van der Waals surface area (Å²) in [5.74, 6) is -5.15. The fraction of sp³-hybridized carbons (Fsp3) is 0.242. The van der Waals surface area contributed by atoms with Crippen LogP contribution in [0.15, 0.2) is 159 Å². The van der Waals surface area contributed by atoms with Crippen LogP contribution in [0.5, 0.6) is 0 Å². The van der Waals surface area contributed by atoms with Crippen LogP contribution in [0.2, 0.25) is 10.0 Å². The number of anilines is 3. The summed E-state index contributed by atoms with van der Waals surface area (Å²) >= 11 is 16.4. The Morgan fingerprint density at radius 2 is 0.957 bits per heavy atom. The van der Waals surface area contributed by atoms with Crippen LogP contribution in [0, 0.1) is 31.6 Å². The van der Waals surface area contributed by atoms with Crippen LogP contribution in [-0.4, -0.2) is 106 Å². The number of hydrogen-bond acceptors (Lipinski definition) is 16. The Balaban J connectivity index is 0.000000179. The molecule has 0 saturated heterocycles. The van der Waals surface area contributed by atoms with Crippen molar-refractivity contribution in [3.05, 3.63) is 199 Å². The summed E-state index contributed by atoms with van der Waals surface area (Å²) in [6.45, 7) is 3.46. The molecule has 3 N–H and O–H groups in total. The predicted octanol–water partition coefficient (Wildman–Crippen LogP) is 12.3. The van der Waals surface area contributed by atoms with Crippen LogP contribution in [0.1, 0.15) is 47.9 Å². The van der Waals surface area contributed by atoms with Gasteiger partial charge in [-0.25, -0.2) is 19.9 Å².